The van der Waals surface area contributed by atoms with Gasteiger partial charge in [0, 0.05) is 52.2 Å². The summed E-state index contributed by atoms with van der Waals surface area (Å²) in [5.74, 6) is 0.648. The summed E-state index contributed by atoms with van der Waals surface area (Å²) in [4.78, 5) is 25.0. The topological polar surface area (TPSA) is 83.8 Å². The first-order chi connectivity index (χ1) is 15.6. The van der Waals surface area contributed by atoms with E-state index in [9.17, 15) is 4.79 Å². The van der Waals surface area contributed by atoms with Crippen molar-refractivity contribution >= 4 is 39.5 Å². The Kier molecular flexibility index (Phi) is 5.41. The molecule has 160 valence electrons. The Morgan fingerprint density at radius 3 is 2.72 bits per heavy atom. The molecule has 3 heterocycles. The van der Waals surface area contributed by atoms with E-state index in [1.165, 1.54) is 22.7 Å². The second-order valence-electron chi connectivity index (χ2n) is 7.66. The predicted molar refractivity (Wildman–Crippen MR) is 127 cm³/mol. The SMILES string of the molecule is Cc1[nH]c2ccc(CNC(=O)c3oc4ccccc4c3CSc3ncccn3)cc2c1C. The van der Waals surface area contributed by atoms with Gasteiger partial charge < -0.3 is 14.7 Å². The summed E-state index contributed by atoms with van der Waals surface area (Å²) in [5.41, 5.74) is 6.08. The number of aromatic amines is 1. The third-order valence-corrected chi connectivity index (χ3v) is 6.52. The van der Waals surface area contributed by atoms with Crippen LogP contribution in [0.4, 0.5) is 0 Å². The van der Waals surface area contributed by atoms with Crippen molar-refractivity contribution in [3.8, 4) is 0 Å². The number of nitrogens with zero attached hydrogens (tertiary/aromatic N) is 2. The molecule has 0 bridgehead atoms. The molecule has 0 saturated heterocycles. The van der Waals surface area contributed by atoms with E-state index in [1.54, 1.807) is 18.5 Å². The number of amides is 1. The fourth-order valence-corrected chi connectivity index (χ4v) is 4.63. The van der Waals surface area contributed by atoms with E-state index in [2.05, 4.69) is 46.2 Å². The van der Waals surface area contributed by atoms with Gasteiger partial charge in [-0.2, -0.15) is 0 Å². The third kappa shape index (κ3) is 3.87. The molecule has 1 amide bonds. The predicted octanol–water partition coefficient (Wildman–Crippen LogP) is 5.54. The normalized spacial score (nSPS) is 11.3. The number of carbonyl (C=O) groups is 1. The van der Waals surface area contributed by atoms with Crippen molar-refractivity contribution in [2.75, 3.05) is 0 Å². The van der Waals surface area contributed by atoms with Crippen LogP contribution < -0.4 is 5.32 Å². The quantitative estimate of drug-likeness (QED) is 0.266. The molecule has 0 aliphatic rings. The van der Waals surface area contributed by atoms with Crippen molar-refractivity contribution in [1.82, 2.24) is 20.3 Å². The number of hydrogen-bond acceptors (Lipinski definition) is 5. The van der Waals surface area contributed by atoms with Gasteiger partial charge in [0.2, 0.25) is 0 Å². The molecule has 32 heavy (non-hydrogen) atoms. The Morgan fingerprint density at radius 1 is 1.06 bits per heavy atom. The highest BCUT2D eigenvalue weighted by molar-refractivity contribution is 7.98. The number of aryl methyl sites for hydroxylation is 2. The number of fused-ring (bicyclic) bond motifs is 2. The van der Waals surface area contributed by atoms with Gasteiger partial charge in [-0.25, -0.2) is 9.97 Å². The van der Waals surface area contributed by atoms with Crippen LogP contribution in [0.2, 0.25) is 0 Å². The summed E-state index contributed by atoms with van der Waals surface area (Å²) >= 11 is 1.48. The van der Waals surface area contributed by atoms with E-state index in [4.69, 9.17) is 4.42 Å². The fourth-order valence-electron chi connectivity index (χ4n) is 3.80. The molecule has 2 aromatic carbocycles. The number of hydrogen-bond donors (Lipinski definition) is 2. The zero-order chi connectivity index (χ0) is 22.1. The zero-order valence-electron chi connectivity index (χ0n) is 17.8. The first-order valence-corrected chi connectivity index (χ1v) is 11.3. The van der Waals surface area contributed by atoms with E-state index in [-0.39, 0.29) is 5.91 Å². The van der Waals surface area contributed by atoms with Crippen molar-refractivity contribution in [2.24, 2.45) is 0 Å². The second-order valence-corrected chi connectivity index (χ2v) is 8.61. The lowest BCUT2D eigenvalue weighted by Crippen LogP contribution is -2.23. The molecule has 0 aliphatic heterocycles. The molecule has 0 unspecified atom stereocenters. The van der Waals surface area contributed by atoms with Crippen molar-refractivity contribution in [3.63, 3.8) is 0 Å². The molecule has 2 N–H and O–H groups in total. The van der Waals surface area contributed by atoms with E-state index in [0.29, 0.717) is 28.8 Å². The van der Waals surface area contributed by atoms with Crippen LogP contribution in [0.5, 0.6) is 0 Å². The first kappa shape index (κ1) is 20.3. The molecule has 5 aromatic rings. The monoisotopic (exact) mass is 442 g/mol. The van der Waals surface area contributed by atoms with Crippen LogP contribution in [0, 0.1) is 13.8 Å². The molecular formula is C25H22N4O2S. The molecule has 3 aromatic heterocycles. The molecule has 6 nitrogen and oxygen atoms in total. The maximum atomic E-state index is 13.1. The third-order valence-electron chi connectivity index (χ3n) is 5.62. The lowest BCUT2D eigenvalue weighted by Gasteiger charge is -2.06. The average molecular weight is 443 g/mol. The molecule has 0 aliphatic carbocycles. The van der Waals surface area contributed by atoms with Crippen LogP contribution >= 0.6 is 11.8 Å². The highest BCUT2D eigenvalue weighted by Gasteiger charge is 2.21. The van der Waals surface area contributed by atoms with E-state index < -0.39 is 0 Å². The number of benzene rings is 2. The van der Waals surface area contributed by atoms with Gasteiger partial charge in [0.05, 0.1) is 0 Å². The smallest absolute Gasteiger partial charge is 0.287 e. The van der Waals surface area contributed by atoms with Crippen molar-refractivity contribution < 1.29 is 9.21 Å². The maximum Gasteiger partial charge on any atom is 0.287 e. The van der Waals surface area contributed by atoms with Gasteiger partial charge in [0.15, 0.2) is 10.9 Å². The van der Waals surface area contributed by atoms with Gasteiger partial charge >= 0.3 is 0 Å². The molecule has 5 rings (SSSR count). The summed E-state index contributed by atoms with van der Waals surface area (Å²) in [6.45, 7) is 4.59. The molecule has 0 spiro atoms. The minimum atomic E-state index is -0.229. The van der Waals surface area contributed by atoms with Gasteiger partial charge in [-0.3, -0.25) is 4.79 Å². The van der Waals surface area contributed by atoms with Crippen LogP contribution in [-0.4, -0.2) is 20.9 Å². The number of furan rings is 1. The first-order valence-electron chi connectivity index (χ1n) is 10.4. The van der Waals surface area contributed by atoms with Gasteiger partial charge in [0.25, 0.3) is 5.91 Å². The second kappa shape index (κ2) is 8.51. The summed E-state index contributed by atoms with van der Waals surface area (Å²) in [5, 5.41) is 5.79. The number of H-pyrrole nitrogens is 1. The largest absolute Gasteiger partial charge is 0.451 e. The van der Waals surface area contributed by atoms with Crippen LogP contribution in [0.1, 0.15) is 32.9 Å². The van der Waals surface area contributed by atoms with Gasteiger partial charge in [-0.1, -0.05) is 36.0 Å². The minimum absolute atomic E-state index is 0.229. The molecule has 0 saturated carbocycles. The van der Waals surface area contributed by atoms with Crippen LogP contribution in [0.15, 0.2) is 70.5 Å². The number of thioether (sulfide) groups is 1. The molecule has 0 fully saturated rings. The summed E-state index contributed by atoms with van der Waals surface area (Å²) in [6.07, 6.45) is 3.42. The summed E-state index contributed by atoms with van der Waals surface area (Å²) in [7, 11) is 0. The van der Waals surface area contributed by atoms with Crippen LogP contribution in [-0.2, 0) is 12.3 Å². The molecule has 0 atom stereocenters. The van der Waals surface area contributed by atoms with Gasteiger partial charge in [-0.05, 0) is 49.2 Å². The van der Waals surface area contributed by atoms with Gasteiger partial charge in [0.1, 0.15) is 5.58 Å². The Balaban J connectivity index is 1.38. The van der Waals surface area contributed by atoms with E-state index in [1.807, 2.05) is 30.3 Å². The average Bonchev–Trinajstić information content (AvgIpc) is 3.33. The van der Waals surface area contributed by atoms with Crippen molar-refractivity contribution in [2.45, 2.75) is 31.3 Å². The Hall–Kier alpha value is -3.58. The lowest BCUT2D eigenvalue weighted by molar-refractivity contribution is 0.0924. The van der Waals surface area contributed by atoms with E-state index in [0.717, 1.165) is 27.7 Å². The molecule has 0 radical (unpaired) electrons. The van der Waals surface area contributed by atoms with Crippen molar-refractivity contribution in [3.05, 3.63) is 89.1 Å². The number of nitrogens with one attached hydrogen (secondary N) is 2. The zero-order valence-corrected chi connectivity index (χ0v) is 18.6. The fraction of sp³-hybridized carbons (Fsp3) is 0.160. The minimum Gasteiger partial charge on any atom is -0.451 e. The Morgan fingerprint density at radius 2 is 1.88 bits per heavy atom. The van der Waals surface area contributed by atoms with Crippen LogP contribution in [0.3, 0.4) is 0 Å². The standard InChI is InChI=1S/C25H22N4O2S/c1-15-16(2)29-21-9-8-17(12-19(15)21)13-28-24(30)23-20(14-32-25-26-10-5-11-27-25)18-6-3-4-7-22(18)31-23/h3-12,29H,13-14H2,1-2H3,(H,28,30). The number of aromatic nitrogens is 3. The highest BCUT2D eigenvalue weighted by atomic mass is 32.2. The number of rotatable bonds is 6. The molecule has 7 heteroatoms. The number of para-hydroxylation sites is 1. The Labute approximate surface area is 189 Å². The number of carbonyl (C=O) groups excluding carboxylic acids is 1. The summed E-state index contributed by atoms with van der Waals surface area (Å²) < 4.78 is 5.96. The van der Waals surface area contributed by atoms with E-state index >= 15 is 0 Å². The van der Waals surface area contributed by atoms with Crippen molar-refractivity contribution in [1.29, 1.82) is 0 Å². The highest BCUT2D eigenvalue weighted by Crippen LogP contribution is 2.31. The maximum absolute atomic E-state index is 13.1. The molecular weight excluding hydrogens is 420 g/mol. The van der Waals surface area contributed by atoms with Crippen LogP contribution in [0.25, 0.3) is 21.9 Å². The summed E-state index contributed by atoms with van der Waals surface area (Å²) in [6, 6.07) is 15.7. The lowest BCUT2D eigenvalue weighted by atomic mass is 10.1. The van der Waals surface area contributed by atoms with Gasteiger partial charge in [-0.15, -0.1) is 0 Å². The Bertz CT molecular complexity index is 1420.